The minimum absolute atomic E-state index is 0. The Kier molecular flexibility index (Phi) is 809. The van der Waals surface area contributed by atoms with Gasteiger partial charge in [0, 0.05) is 38.6 Å². The van der Waals surface area contributed by atoms with Gasteiger partial charge in [0.25, 0.3) is 0 Å². The van der Waals surface area contributed by atoms with Crippen molar-refractivity contribution in [2.24, 2.45) is 0 Å². The molecule has 0 atom stereocenters. The van der Waals surface area contributed by atoms with Crippen molar-refractivity contribution in [3.05, 3.63) is 0 Å². The quantitative estimate of drug-likeness (QED) is 0.585. The fourth-order valence-corrected chi connectivity index (χ4v) is 0. The van der Waals surface area contributed by atoms with Crippen molar-refractivity contribution in [3.8, 4) is 0 Å². The molecule has 0 saturated carbocycles. The van der Waals surface area contributed by atoms with Gasteiger partial charge in [-0.3, -0.25) is 0 Å². The van der Waals surface area contributed by atoms with Gasteiger partial charge in [-0.05, 0) is 0 Å². The van der Waals surface area contributed by atoms with Gasteiger partial charge >= 0.3 is 0 Å². The van der Waals surface area contributed by atoms with Crippen LogP contribution >= 0.6 is 0 Å². The summed E-state index contributed by atoms with van der Waals surface area (Å²) in [6.07, 6.45) is 0. The SMILES string of the molecule is C=O.CC.O.[Tb]. The molecule has 0 fully saturated rings. The molecule has 0 spiro atoms. The third-order valence-electron chi connectivity index (χ3n) is 0. The van der Waals surface area contributed by atoms with E-state index in [-0.39, 0.29) is 44.1 Å². The van der Waals surface area contributed by atoms with Crippen LogP contribution in [-0.4, -0.2) is 12.3 Å². The van der Waals surface area contributed by atoms with E-state index in [0.717, 1.165) is 0 Å². The van der Waals surface area contributed by atoms with Gasteiger partial charge < -0.3 is 10.3 Å². The van der Waals surface area contributed by atoms with Crippen LogP contribution in [0.3, 0.4) is 0 Å². The summed E-state index contributed by atoms with van der Waals surface area (Å²) in [6.45, 7) is 6.00. The van der Waals surface area contributed by atoms with Crippen LogP contribution in [0.25, 0.3) is 0 Å². The van der Waals surface area contributed by atoms with Crippen LogP contribution in [0, 0.1) is 38.6 Å². The average molecular weight is 237 g/mol. The van der Waals surface area contributed by atoms with Crippen LogP contribution in [-0.2, 0) is 4.79 Å². The van der Waals surface area contributed by atoms with Gasteiger partial charge in [0.2, 0.25) is 0 Å². The summed E-state index contributed by atoms with van der Waals surface area (Å²) in [5.74, 6) is 0. The molecule has 3 heteroatoms. The second kappa shape index (κ2) is 170. The molecule has 0 amide bonds. The minimum Gasteiger partial charge on any atom is -0.412 e. The van der Waals surface area contributed by atoms with Crippen molar-refractivity contribution in [2.45, 2.75) is 13.8 Å². The predicted molar refractivity (Wildman–Crippen MR) is 22.1 cm³/mol. The van der Waals surface area contributed by atoms with E-state index in [4.69, 9.17) is 4.79 Å². The molecular formula is C3H10O2Tb. The Balaban J connectivity index is -0.00000000500. The fraction of sp³-hybridized carbons (Fsp3) is 0.667. The van der Waals surface area contributed by atoms with Gasteiger partial charge in [0.05, 0.1) is 0 Å². The van der Waals surface area contributed by atoms with Gasteiger partial charge in [-0.15, -0.1) is 0 Å². The molecule has 2 N–H and O–H groups in total. The Morgan fingerprint density at radius 2 is 1.17 bits per heavy atom. The number of rotatable bonds is 0. The van der Waals surface area contributed by atoms with E-state index in [1.165, 1.54) is 0 Å². The van der Waals surface area contributed by atoms with E-state index in [1.54, 1.807) is 0 Å². The summed E-state index contributed by atoms with van der Waals surface area (Å²) in [5, 5.41) is 0. The minimum atomic E-state index is 0. The number of carbonyl (C=O) groups is 1. The van der Waals surface area contributed by atoms with Crippen molar-refractivity contribution in [1.82, 2.24) is 0 Å². The summed E-state index contributed by atoms with van der Waals surface area (Å²) in [5.41, 5.74) is 0. The van der Waals surface area contributed by atoms with Crippen molar-refractivity contribution < 1.29 is 48.9 Å². The molecule has 2 nitrogen and oxygen atoms in total. The van der Waals surface area contributed by atoms with Gasteiger partial charge in [0.1, 0.15) is 6.79 Å². The third kappa shape index (κ3) is 89.9. The Hall–Kier alpha value is 0.916. The molecule has 0 aromatic rings. The number of carbonyl (C=O) groups excluding carboxylic acids is 1. The Morgan fingerprint density at radius 1 is 1.17 bits per heavy atom. The molecule has 1 radical (unpaired) electrons. The van der Waals surface area contributed by atoms with Gasteiger partial charge in [-0.25, -0.2) is 0 Å². The molecule has 0 aliphatic heterocycles. The summed E-state index contributed by atoms with van der Waals surface area (Å²) in [7, 11) is 0. The van der Waals surface area contributed by atoms with Gasteiger partial charge in [0.15, 0.2) is 0 Å². The Bertz CT molecular complexity index is 8.75. The van der Waals surface area contributed by atoms with E-state index in [0.29, 0.717) is 0 Å². The van der Waals surface area contributed by atoms with Crippen molar-refractivity contribution in [1.29, 1.82) is 0 Å². The zero-order chi connectivity index (χ0) is 4.00. The first-order valence-corrected chi connectivity index (χ1v) is 1.29. The van der Waals surface area contributed by atoms with Crippen LogP contribution in [0.4, 0.5) is 0 Å². The summed E-state index contributed by atoms with van der Waals surface area (Å²) >= 11 is 0. The molecule has 0 aromatic heterocycles. The third-order valence-corrected chi connectivity index (χ3v) is 0. The zero-order valence-electron chi connectivity index (χ0n) is 3.95. The largest absolute Gasteiger partial charge is 0.412 e. The van der Waals surface area contributed by atoms with E-state index in [9.17, 15) is 0 Å². The summed E-state index contributed by atoms with van der Waals surface area (Å²) in [6, 6.07) is 0. The predicted octanol–water partition coefficient (Wildman–Crippen LogP) is 0.0166. The Labute approximate surface area is 69.1 Å². The van der Waals surface area contributed by atoms with E-state index < -0.39 is 0 Å². The molecule has 0 heterocycles. The molecule has 0 saturated heterocycles. The Morgan fingerprint density at radius 3 is 1.17 bits per heavy atom. The molecular weight excluding hydrogens is 227 g/mol. The van der Waals surface area contributed by atoms with Gasteiger partial charge in [-0.2, -0.15) is 0 Å². The van der Waals surface area contributed by atoms with Crippen molar-refractivity contribution in [2.75, 3.05) is 0 Å². The molecule has 0 unspecified atom stereocenters. The standard InChI is InChI=1S/C2H6.CH2O.H2O.Tb/c2*1-2;;/h1-2H3;1H2;1H2;. The maximum Gasteiger partial charge on any atom is 0.106 e. The molecule has 0 rings (SSSR count). The molecule has 0 aromatic carbocycles. The summed E-state index contributed by atoms with van der Waals surface area (Å²) < 4.78 is 0. The second-order valence-corrected chi connectivity index (χ2v) is 0. The summed E-state index contributed by atoms with van der Waals surface area (Å²) in [4.78, 5) is 8.00. The van der Waals surface area contributed by atoms with Crippen LogP contribution in [0.1, 0.15) is 13.8 Å². The van der Waals surface area contributed by atoms with E-state index >= 15 is 0 Å². The van der Waals surface area contributed by atoms with Crippen molar-refractivity contribution in [3.63, 3.8) is 0 Å². The molecule has 0 aliphatic rings. The first-order valence-electron chi connectivity index (χ1n) is 1.29. The first kappa shape index (κ1) is 28.5. The smallest absolute Gasteiger partial charge is 0.106 e. The fourth-order valence-electron chi connectivity index (χ4n) is 0. The normalized spacial score (nSPS) is 1.67. The zero-order valence-corrected chi connectivity index (χ0v) is 6.09. The molecule has 0 aliphatic carbocycles. The van der Waals surface area contributed by atoms with Crippen LogP contribution in [0.2, 0.25) is 0 Å². The molecule has 43 valence electrons. The molecule has 0 bridgehead atoms. The van der Waals surface area contributed by atoms with E-state index in [2.05, 4.69) is 0 Å². The monoisotopic (exact) mass is 237 g/mol. The van der Waals surface area contributed by atoms with Crippen molar-refractivity contribution >= 4 is 6.79 Å². The van der Waals surface area contributed by atoms with Crippen LogP contribution in [0.15, 0.2) is 0 Å². The maximum absolute atomic E-state index is 8.00. The number of hydrogen-bond acceptors (Lipinski definition) is 1. The topological polar surface area (TPSA) is 48.6 Å². The van der Waals surface area contributed by atoms with E-state index in [1.807, 2.05) is 20.6 Å². The number of hydrogen-bond donors (Lipinski definition) is 0. The average Bonchev–Trinajstić information content (AvgIpc) is 1.50. The molecule has 6 heavy (non-hydrogen) atoms. The van der Waals surface area contributed by atoms with Gasteiger partial charge in [-0.1, -0.05) is 13.8 Å². The second-order valence-electron chi connectivity index (χ2n) is 0. The maximum atomic E-state index is 8.00. The van der Waals surface area contributed by atoms with Crippen LogP contribution < -0.4 is 0 Å². The van der Waals surface area contributed by atoms with Crippen LogP contribution in [0.5, 0.6) is 0 Å². The first-order chi connectivity index (χ1) is 2.00.